The van der Waals surface area contributed by atoms with Crippen LogP contribution in [-0.2, 0) is 87.2 Å². The summed E-state index contributed by atoms with van der Waals surface area (Å²) in [5, 5.41) is 67.6. The fourth-order valence-electron chi connectivity index (χ4n) is 1.43. The van der Waals surface area contributed by atoms with Crippen LogP contribution in [0.3, 0.4) is 0 Å². The molecule has 0 amide bonds. The molecule has 32 heavy (non-hydrogen) atoms. The smallest absolute Gasteiger partial charge is 0.336 e. The van der Waals surface area contributed by atoms with Gasteiger partial charge in [-0.1, -0.05) is 0 Å². The molecule has 17 nitrogen and oxygen atoms in total. The first-order chi connectivity index (χ1) is 11.6. The zero-order chi connectivity index (χ0) is 21.3. The Balaban J connectivity index is -0.0000000505. The summed E-state index contributed by atoms with van der Waals surface area (Å²) in [5.74, 6) is -10.0. The summed E-state index contributed by atoms with van der Waals surface area (Å²) in [7, 11) is 0. The molecule has 0 aromatic carbocycles. The van der Waals surface area contributed by atoms with Gasteiger partial charge in [0.2, 0.25) is 0 Å². The molecule has 0 aromatic rings. The van der Waals surface area contributed by atoms with E-state index in [1.165, 1.54) is 0 Å². The Kier molecular flexibility index (Phi) is 37.1. The van der Waals surface area contributed by atoms with Gasteiger partial charge >= 0.3 is 35.8 Å². The molecular formula is C12H22O17Zn3. The summed E-state index contributed by atoms with van der Waals surface area (Å²) in [6.45, 7) is 0. The van der Waals surface area contributed by atoms with Crippen LogP contribution in [-0.4, -0.2) is 104 Å². The van der Waals surface area contributed by atoms with Gasteiger partial charge in [-0.15, -0.1) is 0 Å². The molecule has 0 atom stereocenters. The second kappa shape index (κ2) is 22.7. The van der Waals surface area contributed by atoms with Gasteiger partial charge < -0.3 is 57.3 Å². The number of rotatable bonds is 10. The molecule has 0 aliphatic heterocycles. The number of hydrogen-bond donors (Lipinski definition) is 8. The third-order valence-corrected chi connectivity index (χ3v) is 2.57. The third-order valence-electron chi connectivity index (χ3n) is 2.57. The zero-order valence-electron chi connectivity index (χ0n) is 16.5. The molecule has 0 unspecified atom stereocenters. The zero-order valence-corrected chi connectivity index (χ0v) is 25.4. The summed E-state index contributed by atoms with van der Waals surface area (Å²) in [4.78, 5) is 61.0. The van der Waals surface area contributed by atoms with Crippen molar-refractivity contribution in [3.8, 4) is 0 Å². The van der Waals surface area contributed by atoms with Crippen molar-refractivity contribution in [1.29, 1.82) is 0 Å². The molecule has 0 aliphatic carbocycles. The van der Waals surface area contributed by atoms with Gasteiger partial charge in [-0.2, -0.15) is 0 Å². The molecule has 0 radical (unpaired) electrons. The van der Waals surface area contributed by atoms with Crippen molar-refractivity contribution >= 4 is 35.8 Å². The normalized spacial score (nSPS) is 8.81. The van der Waals surface area contributed by atoms with Crippen LogP contribution in [0.4, 0.5) is 0 Å². The summed E-state index contributed by atoms with van der Waals surface area (Å²) in [6, 6.07) is 0. The van der Waals surface area contributed by atoms with E-state index in [-0.39, 0.29) is 74.9 Å². The van der Waals surface area contributed by atoms with Crippen molar-refractivity contribution < 1.29 is 144 Å². The largest absolute Gasteiger partial charge is 0.481 e. The van der Waals surface area contributed by atoms with Crippen molar-refractivity contribution in [2.45, 2.75) is 36.9 Å². The third kappa shape index (κ3) is 23.2. The Labute approximate surface area is 216 Å². The maximum absolute atomic E-state index is 10.3. The SMILES string of the molecule is O.O.O.O=C(O)CC(O)(CC(=O)O)C(=O)O.O=C(O)CC(O)(CC(=O)O)C(=O)O.[Zn].[Zn].[Zn]. The molecule has 0 rings (SSSR count). The van der Waals surface area contributed by atoms with E-state index in [2.05, 4.69) is 0 Å². The van der Waals surface area contributed by atoms with E-state index in [1.807, 2.05) is 0 Å². The molecule has 0 saturated carbocycles. The van der Waals surface area contributed by atoms with Gasteiger partial charge in [0, 0.05) is 58.4 Å². The number of hydrogen-bond acceptors (Lipinski definition) is 8. The Hall–Kier alpha value is -1.51. The van der Waals surface area contributed by atoms with Crippen molar-refractivity contribution in [2.75, 3.05) is 0 Å². The van der Waals surface area contributed by atoms with Crippen molar-refractivity contribution in [3.05, 3.63) is 0 Å². The standard InChI is InChI=1S/2C6H8O7.3H2O.3Zn/c2*7-3(8)1-6(13,5(11)12)2-4(9)10;;;;;;/h2*13H,1-2H2,(H,7,8)(H,9,10)(H,11,12);3*1H2;;;. The molecule has 0 aliphatic rings. The predicted molar refractivity (Wildman–Crippen MR) is 85.0 cm³/mol. The molecule has 0 saturated heterocycles. The van der Waals surface area contributed by atoms with E-state index in [0.717, 1.165) is 0 Å². The van der Waals surface area contributed by atoms with Crippen LogP contribution in [0.25, 0.3) is 0 Å². The maximum Gasteiger partial charge on any atom is 0.336 e. The average Bonchev–Trinajstić information content (AvgIpc) is 2.34. The summed E-state index contributed by atoms with van der Waals surface area (Å²) < 4.78 is 0. The van der Waals surface area contributed by atoms with Gasteiger partial charge in [0.15, 0.2) is 11.2 Å². The summed E-state index contributed by atoms with van der Waals surface area (Å²) in [5.41, 5.74) is -5.48. The van der Waals surface area contributed by atoms with Gasteiger partial charge in [0.1, 0.15) is 0 Å². The second-order valence-electron chi connectivity index (χ2n) is 4.96. The van der Waals surface area contributed by atoms with E-state index in [4.69, 9.17) is 40.9 Å². The number of aliphatic hydroxyl groups is 2. The Morgan fingerprint density at radius 2 is 0.562 bits per heavy atom. The van der Waals surface area contributed by atoms with Gasteiger partial charge in [-0.05, 0) is 0 Å². The number of carbonyl (C=O) groups is 6. The Morgan fingerprint density at radius 3 is 0.625 bits per heavy atom. The van der Waals surface area contributed by atoms with Gasteiger partial charge in [0.05, 0.1) is 25.7 Å². The summed E-state index contributed by atoms with van der Waals surface area (Å²) >= 11 is 0. The van der Waals surface area contributed by atoms with Crippen LogP contribution in [0.2, 0.25) is 0 Å². The van der Waals surface area contributed by atoms with Crippen LogP contribution in [0.5, 0.6) is 0 Å². The molecule has 0 bridgehead atoms. The van der Waals surface area contributed by atoms with Crippen LogP contribution >= 0.6 is 0 Å². The van der Waals surface area contributed by atoms with Crippen LogP contribution < -0.4 is 0 Å². The first-order valence-electron chi connectivity index (χ1n) is 6.34. The molecule has 0 aromatic heterocycles. The molecule has 0 heterocycles. The minimum atomic E-state index is -2.74. The minimum Gasteiger partial charge on any atom is -0.481 e. The fourth-order valence-corrected chi connectivity index (χ4v) is 1.43. The first-order valence-corrected chi connectivity index (χ1v) is 6.34. The molecule has 14 N–H and O–H groups in total. The topological polar surface area (TPSA) is 359 Å². The van der Waals surface area contributed by atoms with Crippen molar-refractivity contribution in [2.24, 2.45) is 0 Å². The quantitative estimate of drug-likeness (QED) is 0.104. The van der Waals surface area contributed by atoms with Gasteiger partial charge in [0.25, 0.3) is 0 Å². The van der Waals surface area contributed by atoms with Gasteiger partial charge in [-0.3, -0.25) is 19.2 Å². The first kappa shape index (κ1) is 52.4. The van der Waals surface area contributed by atoms with E-state index in [9.17, 15) is 28.8 Å². The molecular weight excluding hydrogens is 612 g/mol. The number of carboxylic acid groups (broad SMARTS) is 6. The second-order valence-corrected chi connectivity index (χ2v) is 4.96. The monoisotopic (exact) mass is 630 g/mol. The fraction of sp³-hybridized carbons (Fsp3) is 0.500. The minimum absolute atomic E-state index is 0. The molecule has 0 fully saturated rings. The van der Waals surface area contributed by atoms with Crippen LogP contribution in [0.1, 0.15) is 25.7 Å². The predicted octanol–water partition coefficient (Wildman–Crippen LogP) is -4.98. The Bertz CT molecular complexity index is 524. The summed E-state index contributed by atoms with van der Waals surface area (Å²) in [6.07, 6.45) is -4.58. The van der Waals surface area contributed by atoms with E-state index < -0.39 is 72.7 Å². The van der Waals surface area contributed by atoms with E-state index in [1.54, 1.807) is 0 Å². The molecule has 20 heteroatoms. The van der Waals surface area contributed by atoms with E-state index >= 15 is 0 Å². The van der Waals surface area contributed by atoms with E-state index in [0.29, 0.717) is 0 Å². The van der Waals surface area contributed by atoms with Crippen LogP contribution in [0.15, 0.2) is 0 Å². The number of carboxylic acids is 6. The van der Waals surface area contributed by atoms with Crippen molar-refractivity contribution in [1.82, 2.24) is 0 Å². The molecule has 178 valence electrons. The van der Waals surface area contributed by atoms with Crippen molar-refractivity contribution in [3.63, 3.8) is 0 Å². The number of aliphatic carboxylic acids is 6. The average molecular weight is 634 g/mol. The van der Waals surface area contributed by atoms with Gasteiger partial charge in [-0.25, -0.2) is 9.59 Å². The Morgan fingerprint density at radius 1 is 0.438 bits per heavy atom. The molecule has 0 spiro atoms. The van der Waals surface area contributed by atoms with Crippen LogP contribution in [0, 0.1) is 0 Å². The maximum atomic E-state index is 10.3.